The van der Waals surface area contributed by atoms with E-state index in [-0.39, 0.29) is 11.7 Å². The van der Waals surface area contributed by atoms with Gasteiger partial charge in [-0.15, -0.1) is 34.0 Å². The van der Waals surface area contributed by atoms with Gasteiger partial charge in [0, 0.05) is 4.88 Å². The first-order valence-electron chi connectivity index (χ1n) is 7.62. The van der Waals surface area contributed by atoms with Gasteiger partial charge in [0.25, 0.3) is 5.91 Å². The number of hydrogen-bond acceptors (Lipinski definition) is 7. The van der Waals surface area contributed by atoms with Crippen molar-refractivity contribution in [1.29, 1.82) is 0 Å². The fourth-order valence-electron chi connectivity index (χ4n) is 2.34. The number of carbonyl (C=O) groups excluding carboxylic acids is 2. The Morgan fingerprint density at radius 3 is 2.23 bits per heavy atom. The van der Waals surface area contributed by atoms with Crippen LogP contribution in [0.5, 0.6) is 0 Å². The fourth-order valence-corrected chi connectivity index (χ4v) is 5.75. The number of rotatable bonds is 5. The van der Waals surface area contributed by atoms with Crippen LogP contribution in [0.4, 0.5) is 5.13 Å². The molecule has 4 nitrogen and oxygen atoms in total. The monoisotopic (exact) mass is 416 g/mol. The summed E-state index contributed by atoms with van der Waals surface area (Å²) in [5.41, 5.74) is 0.887. The van der Waals surface area contributed by atoms with Crippen LogP contribution in [0.1, 0.15) is 26.3 Å². The number of nitrogens with one attached hydrogen (secondary N) is 1. The Bertz CT molecular complexity index is 1010. The molecule has 4 rings (SSSR count). The molecule has 0 aliphatic heterocycles. The molecule has 0 atom stereocenters. The topological polar surface area (TPSA) is 59.1 Å². The molecule has 4 aromatic heterocycles. The molecule has 0 spiro atoms. The highest BCUT2D eigenvalue weighted by Crippen LogP contribution is 2.42. The van der Waals surface area contributed by atoms with Gasteiger partial charge in [-0.25, -0.2) is 4.98 Å². The second-order valence-corrected chi connectivity index (χ2v) is 9.30. The van der Waals surface area contributed by atoms with Crippen molar-refractivity contribution in [3.63, 3.8) is 0 Å². The lowest BCUT2D eigenvalue weighted by Crippen LogP contribution is -2.09. The van der Waals surface area contributed by atoms with Crippen LogP contribution < -0.4 is 5.32 Å². The lowest BCUT2D eigenvalue weighted by Gasteiger charge is -1.97. The molecule has 1 amide bonds. The van der Waals surface area contributed by atoms with Crippen LogP contribution >= 0.6 is 45.3 Å². The molecule has 0 fully saturated rings. The maximum absolute atomic E-state index is 12.5. The molecule has 4 aromatic rings. The molecule has 4 heterocycles. The van der Waals surface area contributed by atoms with Gasteiger partial charge in [0.1, 0.15) is 5.69 Å². The van der Waals surface area contributed by atoms with Crippen LogP contribution in [0, 0.1) is 0 Å². The van der Waals surface area contributed by atoms with E-state index in [2.05, 4.69) is 16.4 Å². The number of aromatic nitrogens is 1. The van der Waals surface area contributed by atoms with Crippen molar-refractivity contribution < 1.29 is 9.59 Å². The smallest absolute Gasteiger partial charge is 0.267 e. The quantitative estimate of drug-likeness (QED) is 0.399. The lowest BCUT2D eigenvalue weighted by atomic mass is 10.3. The van der Waals surface area contributed by atoms with E-state index in [1.54, 1.807) is 34.8 Å². The fraction of sp³-hybridized carbons (Fsp3) is 0.0556. The SMILES string of the molecule is CC(=O)c1ccc(C(=O)Nc2nc(-c3cccs3)c(-c3cccs3)s2)s1. The number of nitrogens with zero attached hydrogens (tertiary/aromatic N) is 1. The third kappa shape index (κ3) is 3.41. The van der Waals surface area contributed by atoms with Crippen molar-refractivity contribution in [3.05, 3.63) is 56.9 Å². The highest BCUT2D eigenvalue weighted by Gasteiger charge is 2.19. The van der Waals surface area contributed by atoms with Crippen molar-refractivity contribution in [2.45, 2.75) is 6.92 Å². The van der Waals surface area contributed by atoms with Gasteiger partial charge in [0.2, 0.25) is 0 Å². The van der Waals surface area contributed by atoms with Crippen molar-refractivity contribution >= 4 is 62.2 Å². The van der Waals surface area contributed by atoms with E-state index >= 15 is 0 Å². The number of carbonyl (C=O) groups is 2. The summed E-state index contributed by atoms with van der Waals surface area (Å²) in [5, 5.41) is 7.47. The highest BCUT2D eigenvalue weighted by molar-refractivity contribution is 7.24. The maximum Gasteiger partial charge on any atom is 0.267 e. The first-order chi connectivity index (χ1) is 12.6. The van der Waals surface area contributed by atoms with Crippen LogP contribution in [-0.4, -0.2) is 16.7 Å². The van der Waals surface area contributed by atoms with Crippen LogP contribution in [0.15, 0.2) is 47.2 Å². The maximum atomic E-state index is 12.5. The molecule has 0 aliphatic rings. The third-order valence-electron chi connectivity index (χ3n) is 3.52. The van der Waals surface area contributed by atoms with Crippen molar-refractivity contribution in [3.8, 4) is 20.3 Å². The van der Waals surface area contributed by atoms with E-state index in [4.69, 9.17) is 0 Å². The minimum Gasteiger partial charge on any atom is -0.297 e. The minimum atomic E-state index is -0.244. The molecular formula is C18H12N2O2S4. The summed E-state index contributed by atoms with van der Waals surface area (Å²) in [5.74, 6) is -0.282. The molecule has 0 unspecified atom stereocenters. The Labute approximate surface area is 165 Å². The average Bonchev–Trinajstić information content (AvgIpc) is 3.39. The number of thiazole rings is 1. The van der Waals surface area contributed by atoms with Crippen LogP contribution in [0.3, 0.4) is 0 Å². The second kappa shape index (κ2) is 7.24. The van der Waals surface area contributed by atoms with Crippen molar-refractivity contribution in [2.75, 3.05) is 5.32 Å². The van der Waals surface area contributed by atoms with Gasteiger partial charge in [-0.05, 0) is 41.9 Å². The van der Waals surface area contributed by atoms with Gasteiger partial charge in [-0.3, -0.25) is 14.9 Å². The summed E-state index contributed by atoms with van der Waals surface area (Å²) >= 11 is 5.93. The second-order valence-electron chi connectivity index (χ2n) is 5.33. The number of Topliss-reactive ketones (excluding diaryl/α,β-unsaturated/α-hetero) is 1. The van der Waals surface area contributed by atoms with Gasteiger partial charge < -0.3 is 0 Å². The van der Waals surface area contributed by atoms with E-state index < -0.39 is 0 Å². The van der Waals surface area contributed by atoms with Gasteiger partial charge >= 0.3 is 0 Å². The molecule has 1 N–H and O–H groups in total. The Morgan fingerprint density at radius 2 is 1.62 bits per heavy atom. The molecule has 0 saturated carbocycles. The summed E-state index contributed by atoms with van der Waals surface area (Å²) in [7, 11) is 0. The Morgan fingerprint density at radius 1 is 0.923 bits per heavy atom. The van der Waals surface area contributed by atoms with Gasteiger partial charge in [0.05, 0.1) is 19.5 Å². The number of ketones is 1. The van der Waals surface area contributed by atoms with Crippen molar-refractivity contribution in [2.24, 2.45) is 0 Å². The molecule has 0 radical (unpaired) electrons. The third-order valence-corrected chi connectivity index (χ3v) is 7.61. The zero-order valence-corrected chi connectivity index (χ0v) is 16.8. The standard InChI is InChI=1S/C18H12N2O2S4/c1-10(21)11-6-7-14(25-11)17(22)20-18-19-15(12-4-2-8-23-12)16(26-18)13-5-3-9-24-13/h2-9H,1H3,(H,19,20,22). The summed E-state index contributed by atoms with van der Waals surface area (Å²) < 4.78 is 0. The largest absolute Gasteiger partial charge is 0.297 e. The molecule has 0 aromatic carbocycles. The Balaban J connectivity index is 1.65. The van der Waals surface area contributed by atoms with E-state index in [0.29, 0.717) is 14.9 Å². The molecule has 8 heteroatoms. The lowest BCUT2D eigenvalue weighted by molar-refractivity contribution is 0.101. The number of hydrogen-bond donors (Lipinski definition) is 1. The number of thiophene rings is 3. The van der Waals surface area contributed by atoms with Gasteiger partial charge in [0.15, 0.2) is 10.9 Å². The molecule has 130 valence electrons. The summed E-state index contributed by atoms with van der Waals surface area (Å²) in [6, 6.07) is 11.4. The van der Waals surface area contributed by atoms with Crippen molar-refractivity contribution in [1.82, 2.24) is 4.98 Å². The van der Waals surface area contributed by atoms with Gasteiger partial charge in [-0.2, -0.15) is 0 Å². The molecule has 0 bridgehead atoms. The summed E-state index contributed by atoms with van der Waals surface area (Å²) in [6.07, 6.45) is 0. The summed E-state index contributed by atoms with van der Waals surface area (Å²) in [4.78, 5) is 32.9. The molecule has 26 heavy (non-hydrogen) atoms. The predicted molar refractivity (Wildman–Crippen MR) is 111 cm³/mol. The van der Waals surface area contributed by atoms with Gasteiger partial charge in [-0.1, -0.05) is 23.5 Å². The predicted octanol–water partition coefficient (Wildman–Crippen LogP) is 6.12. The van der Waals surface area contributed by atoms with E-state index in [1.165, 1.54) is 29.6 Å². The first kappa shape index (κ1) is 17.3. The summed E-state index contributed by atoms with van der Waals surface area (Å²) in [6.45, 7) is 1.49. The molecule has 0 aliphatic carbocycles. The van der Waals surface area contributed by atoms with E-state index in [0.717, 1.165) is 20.3 Å². The zero-order valence-electron chi connectivity index (χ0n) is 13.5. The normalized spacial score (nSPS) is 10.8. The number of amides is 1. The minimum absolute atomic E-state index is 0.0386. The Hall–Kier alpha value is -2.13. The number of anilines is 1. The molecule has 0 saturated heterocycles. The van der Waals surface area contributed by atoms with Crippen LogP contribution in [0.2, 0.25) is 0 Å². The molecular weight excluding hydrogens is 404 g/mol. The van der Waals surface area contributed by atoms with E-state index in [1.807, 2.05) is 29.0 Å². The first-order valence-corrected chi connectivity index (χ1v) is 11.0. The Kier molecular flexibility index (Phi) is 4.82. The zero-order chi connectivity index (χ0) is 18.1. The van der Waals surface area contributed by atoms with Crippen LogP contribution in [-0.2, 0) is 0 Å². The average molecular weight is 417 g/mol. The van der Waals surface area contributed by atoms with Crippen LogP contribution in [0.25, 0.3) is 20.3 Å². The van der Waals surface area contributed by atoms with E-state index in [9.17, 15) is 9.59 Å². The highest BCUT2D eigenvalue weighted by atomic mass is 32.1.